The highest BCUT2D eigenvalue weighted by molar-refractivity contribution is 5.77. The molecule has 0 aromatic heterocycles. The largest absolute Gasteiger partial charge is 0.342 e. The van der Waals surface area contributed by atoms with Crippen LogP contribution in [0.25, 0.3) is 0 Å². The van der Waals surface area contributed by atoms with Gasteiger partial charge in [0.2, 0.25) is 12.3 Å². The van der Waals surface area contributed by atoms with Crippen LogP contribution in [-0.2, 0) is 9.59 Å². The van der Waals surface area contributed by atoms with Crippen molar-refractivity contribution in [2.75, 3.05) is 13.6 Å². The standard InChI is InChI=1S/C25H42N2O2/c1-17(2)12-15-27(16-28)22-9-7-19-18-6-8-21-24(3,14-11-23(29)26(21)5)20(18)10-13-25(19,22)4/h16-22H,6-15H2,1-5H3/t18-,19-,20-,21+,22-,24+,25-/m0/s1. The Hall–Kier alpha value is -1.06. The number of hydrogen-bond acceptors (Lipinski definition) is 2. The van der Waals surface area contributed by atoms with Crippen LogP contribution >= 0.6 is 0 Å². The monoisotopic (exact) mass is 402 g/mol. The first kappa shape index (κ1) is 21.2. The number of carbonyl (C=O) groups excluding carboxylic acids is 2. The molecule has 4 fully saturated rings. The van der Waals surface area contributed by atoms with Crippen LogP contribution in [0.15, 0.2) is 0 Å². The fourth-order valence-electron chi connectivity index (χ4n) is 8.36. The van der Waals surface area contributed by atoms with Crippen molar-refractivity contribution >= 4 is 12.3 Å². The van der Waals surface area contributed by atoms with E-state index in [4.69, 9.17) is 0 Å². The van der Waals surface area contributed by atoms with Gasteiger partial charge in [-0.2, -0.15) is 0 Å². The predicted molar refractivity (Wildman–Crippen MR) is 116 cm³/mol. The van der Waals surface area contributed by atoms with Gasteiger partial charge in [-0.1, -0.05) is 27.7 Å². The second kappa shape index (κ2) is 7.57. The zero-order valence-electron chi connectivity index (χ0n) is 19.3. The highest BCUT2D eigenvalue weighted by atomic mass is 16.2. The molecule has 29 heavy (non-hydrogen) atoms. The number of nitrogens with zero attached hydrogens (tertiary/aromatic N) is 2. The van der Waals surface area contributed by atoms with Crippen molar-refractivity contribution in [2.45, 2.75) is 97.6 Å². The van der Waals surface area contributed by atoms with E-state index >= 15 is 0 Å². The van der Waals surface area contributed by atoms with Crippen molar-refractivity contribution < 1.29 is 9.59 Å². The summed E-state index contributed by atoms with van der Waals surface area (Å²) in [5.74, 6) is 3.25. The van der Waals surface area contributed by atoms with Gasteiger partial charge in [0, 0.05) is 32.1 Å². The quantitative estimate of drug-likeness (QED) is 0.624. The smallest absolute Gasteiger partial charge is 0.222 e. The molecule has 0 aromatic rings. The fourth-order valence-corrected chi connectivity index (χ4v) is 8.36. The van der Waals surface area contributed by atoms with Gasteiger partial charge in [-0.15, -0.1) is 0 Å². The molecule has 7 atom stereocenters. The molecule has 1 aliphatic heterocycles. The Morgan fingerprint density at radius 3 is 2.48 bits per heavy atom. The Morgan fingerprint density at radius 2 is 1.79 bits per heavy atom. The molecule has 4 heteroatoms. The Labute approximate surface area is 177 Å². The summed E-state index contributed by atoms with van der Waals surface area (Å²) < 4.78 is 0. The van der Waals surface area contributed by atoms with Crippen LogP contribution in [0, 0.1) is 34.5 Å². The second-order valence-corrected chi connectivity index (χ2v) is 11.6. The summed E-state index contributed by atoms with van der Waals surface area (Å²) in [6.45, 7) is 10.4. The van der Waals surface area contributed by atoms with Crippen molar-refractivity contribution in [1.29, 1.82) is 0 Å². The maximum absolute atomic E-state index is 12.3. The van der Waals surface area contributed by atoms with E-state index in [9.17, 15) is 9.59 Å². The highest BCUT2D eigenvalue weighted by Crippen LogP contribution is 2.65. The van der Waals surface area contributed by atoms with Gasteiger partial charge in [0.25, 0.3) is 0 Å². The molecule has 4 aliphatic rings. The number of fused-ring (bicyclic) bond motifs is 5. The van der Waals surface area contributed by atoms with Crippen LogP contribution in [0.5, 0.6) is 0 Å². The summed E-state index contributed by atoms with van der Waals surface area (Å²) in [6.07, 6.45) is 11.5. The average molecular weight is 403 g/mol. The lowest BCUT2D eigenvalue weighted by Gasteiger charge is -2.62. The van der Waals surface area contributed by atoms with E-state index in [-0.39, 0.29) is 10.8 Å². The van der Waals surface area contributed by atoms with Crippen molar-refractivity contribution in [2.24, 2.45) is 34.5 Å². The van der Waals surface area contributed by atoms with Gasteiger partial charge in [-0.05, 0) is 85.9 Å². The number of amides is 2. The predicted octanol–water partition coefficient (Wildman–Crippen LogP) is 4.72. The maximum atomic E-state index is 12.3. The summed E-state index contributed by atoms with van der Waals surface area (Å²) in [5.41, 5.74) is 0.561. The number of rotatable bonds is 5. The molecule has 1 heterocycles. The molecular weight excluding hydrogens is 360 g/mol. The average Bonchev–Trinajstić information content (AvgIpc) is 3.03. The van der Waals surface area contributed by atoms with E-state index < -0.39 is 0 Å². The van der Waals surface area contributed by atoms with E-state index in [0.29, 0.717) is 23.9 Å². The minimum atomic E-state index is 0.276. The maximum Gasteiger partial charge on any atom is 0.222 e. The Balaban J connectivity index is 1.55. The normalized spacial score (nSPS) is 44.3. The van der Waals surface area contributed by atoms with Gasteiger partial charge in [0.15, 0.2) is 0 Å². The van der Waals surface area contributed by atoms with Gasteiger partial charge in [-0.25, -0.2) is 0 Å². The molecule has 0 unspecified atom stereocenters. The minimum Gasteiger partial charge on any atom is -0.342 e. The van der Waals surface area contributed by atoms with Gasteiger partial charge < -0.3 is 9.80 Å². The second-order valence-electron chi connectivity index (χ2n) is 11.6. The SMILES string of the molecule is CC(C)CCN(C=O)[C@H]1CC[C@H]2[C@@H]3CC[C@H]4N(C)C(=O)CC[C@]4(C)[C@H]3CC[C@]12C. The summed E-state index contributed by atoms with van der Waals surface area (Å²) in [4.78, 5) is 28.6. The Bertz CT molecular complexity index is 649. The van der Waals surface area contributed by atoms with Gasteiger partial charge in [0.05, 0.1) is 0 Å². The third kappa shape index (κ3) is 3.24. The molecule has 4 nitrogen and oxygen atoms in total. The van der Waals surface area contributed by atoms with Crippen LogP contribution in [0.3, 0.4) is 0 Å². The Kier molecular flexibility index (Phi) is 5.53. The molecule has 0 radical (unpaired) electrons. The lowest BCUT2D eigenvalue weighted by molar-refractivity contribution is -0.159. The summed E-state index contributed by atoms with van der Waals surface area (Å²) in [5, 5.41) is 0. The van der Waals surface area contributed by atoms with Crippen LogP contribution in [-0.4, -0.2) is 47.8 Å². The third-order valence-corrected chi connectivity index (χ3v) is 10.0. The minimum absolute atomic E-state index is 0.276. The lowest BCUT2D eigenvalue weighted by atomic mass is 9.47. The topological polar surface area (TPSA) is 40.6 Å². The van der Waals surface area contributed by atoms with E-state index in [2.05, 4.69) is 37.5 Å². The Morgan fingerprint density at radius 1 is 1.07 bits per heavy atom. The lowest BCUT2D eigenvalue weighted by Crippen LogP contribution is -2.62. The third-order valence-electron chi connectivity index (χ3n) is 10.0. The van der Waals surface area contributed by atoms with E-state index in [1.165, 1.54) is 38.5 Å². The van der Waals surface area contributed by atoms with Gasteiger partial charge in [0.1, 0.15) is 0 Å². The van der Waals surface area contributed by atoms with Crippen LogP contribution in [0.2, 0.25) is 0 Å². The van der Waals surface area contributed by atoms with Crippen LogP contribution in [0.4, 0.5) is 0 Å². The molecule has 0 aromatic carbocycles. The van der Waals surface area contributed by atoms with Gasteiger partial charge in [-0.3, -0.25) is 9.59 Å². The fraction of sp³-hybridized carbons (Fsp3) is 0.920. The summed E-state index contributed by atoms with van der Waals surface area (Å²) >= 11 is 0. The molecule has 3 saturated carbocycles. The van der Waals surface area contributed by atoms with Crippen LogP contribution < -0.4 is 0 Å². The molecule has 164 valence electrons. The van der Waals surface area contributed by atoms with E-state index in [1.54, 1.807) is 0 Å². The zero-order valence-corrected chi connectivity index (χ0v) is 19.3. The zero-order chi connectivity index (χ0) is 21.0. The van der Waals surface area contributed by atoms with Gasteiger partial charge >= 0.3 is 0 Å². The van der Waals surface area contributed by atoms with Crippen molar-refractivity contribution in [1.82, 2.24) is 9.80 Å². The van der Waals surface area contributed by atoms with Crippen molar-refractivity contribution in [3.63, 3.8) is 0 Å². The molecule has 0 N–H and O–H groups in total. The first-order valence-electron chi connectivity index (χ1n) is 12.2. The molecule has 3 aliphatic carbocycles. The molecule has 1 saturated heterocycles. The number of carbonyl (C=O) groups is 2. The molecule has 2 amide bonds. The van der Waals surface area contributed by atoms with Crippen LogP contribution in [0.1, 0.15) is 85.5 Å². The molecule has 0 bridgehead atoms. The molecular formula is C25H42N2O2. The summed E-state index contributed by atoms with van der Waals surface area (Å²) in [6, 6.07) is 0.856. The highest BCUT2D eigenvalue weighted by Gasteiger charge is 2.61. The first-order chi connectivity index (χ1) is 13.7. The van der Waals surface area contributed by atoms with Crippen molar-refractivity contribution in [3.05, 3.63) is 0 Å². The number of piperidine rings is 1. The molecule has 0 spiro atoms. The van der Waals surface area contributed by atoms with E-state index in [1.807, 2.05) is 7.05 Å². The van der Waals surface area contributed by atoms with Crippen molar-refractivity contribution in [3.8, 4) is 0 Å². The number of likely N-dealkylation sites (tertiary alicyclic amines) is 1. The number of hydrogen-bond donors (Lipinski definition) is 0. The van der Waals surface area contributed by atoms with E-state index in [0.717, 1.165) is 50.0 Å². The molecule has 4 rings (SSSR count). The first-order valence-corrected chi connectivity index (χ1v) is 12.2. The summed E-state index contributed by atoms with van der Waals surface area (Å²) in [7, 11) is 2.04.